The van der Waals surface area contributed by atoms with Gasteiger partial charge in [0.15, 0.2) is 0 Å². The zero-order chi connectivity index (χ0) is 19.3. The predicted molar refractivity (Wildman–Crippen MR) is 121 cm³/mol. The van der Waals surface area contributed by atoms with Crippen LogP contribution in [0.15, 0.2) is 0 Å². The summed E-state index contributed by atoms with van der Waals surface area (Å²) in [5, 5.41) is 0. The molecule has 2 heteroatoms. The highest BCUT2D eigenvalue weighted by atomic mass is 35.5. The lowest BCUT2D eigenvalue weighted by Gasteiger charge is -2.35. The van der Waals surface area contributed by atoms with E-state index < -0.39 is 0 Å². The molecule has 0 spiro atoms. The maximum absolute atomic E-state index is 5.99. The Balaban J connectivity index is 3.78. The Morgan fingerprint density at radius 3 is 1.12 bits per heavy atom. The average Bonchev–Trinajstić information content (AvgIpc) is 2.64. The number of halogens is 1. The minimum Gasteiger partial charge on any atom is -0.326 e. The quantitative estimate of drug-likeness (QED) is 0.105. The first-order valence-electron chi connectivity index (χ1n) is 12.1. The SMILES string of the molecule is CCCCCCCCCC[N+](C)(CCCCl)CCCCCCCCCC. The lowest BCUT2D eigenvalue weighted by Crippen LogP contribution is -2.46. The Morgan fingerprint density at radius 1 is 0.462 bits per heavy atom. The molecule has 0 aliphatic heterocycles. The zero-order valence-electron chi connectivity index (χ0n) is 18.7. The second-order valence-electron chi connectivity index (χ2n) is 8.78. The predicted octanol–water partition coefficient (Wildman–Crippen LogP) is 8.34. The summed E-state index contributed by atoms with van der Waals surface area (Å²) in [7, 11) is 2.48. The van der Waals surface area contributed by atoms with E-state index in [1.807, 2.05) is 0 Å². The second kappa shape index (κ2) is 20.0. The topological polar surface area (TPSA) is 0 Å². The smallest absolute Gasteiger partial charge is 0.0796 e. The number of unbranched alkanes of at least 4 members (excludes halogenated alkanes) is 14. The molecule has 0 N–H and O–H groups in total. The Labute approximate surface area is 171 Å². The van der Waals surface area contributed by atoms with E-state index in [1.54, 1.807) is 0 Å². The van der Waals surface area contributed by atoms with Gasteiger partial charge in [-0.05, 0) is 25.7 Å². The average molecular weight is 389 g/mol. The van der Waals surface area contributed by atoms with Gasteiger partial charge in [0.05, 0.1) is 26.7 Å². The standard InChI is InChI=1S/C24H51ClN/c1-4-6-8-10-12-14-16-18-22-26(3,24-20-21-25)23-19-17-15-13-11-9-7-5-2/h4-24H2,1-3H3/q+1. The van der Waals surface area contributed by atoms with Crippen LogP contribution >= 0.6 is 11.6 Å². The van der Waals surface area contributed by atoms with Gasteiger partial charge in [-0.2, -0.15) is 0 Å². The van der Waals surface area contributed by atoms with Crippen LogP contribution in [0.2, 0.25) is 0 Å². The van der Waals surface area contributed by atoms with E-state index in [-0.39, 0.29) is 0 Å². The third kappa shape index (κ3) is 17.7. The molecule has 0 heterocycles. The van der Waals surface area contributed by atoms with Gasteiger partial charge in [-0.3, -0.25) is 0 Å². The highest BCUT2D eigenvalue weighted by Gasteiger charge is 2.19. The van der Waals surface area contributed by atoms with Crippen molar-refractivity contribution in [3.8, 4) is 0 Å². The molecule has 0 saturated carbocycles. The summed E-state index contributed by atoms with van der Waals surface area (Å²) in [6.07, 6.45) is 24.0. The summed E-state index contributed by atoms with van der Waals surface area (Å²) in [5.41, 5.74) is 0. The third-order valence-electron chi connectivity index (χ3n) is 5.93. The summed E-state index contributed by atoms with van der Waals surface area (Å²) < 4.78 is 1.26. The van der Waals surface area contributed by atoms with Gasteiger partial charge >= 0.3 is 0 Å². The van der Waals surface area contributed by atoms with Gasteiger partial charge in [0.25, 0.3) is 0 Å². The first-order chi connectivity index (χ1) is 12.7. The first-order valence-corrected chi connectivity index (χ1v) is 12.6. The molecule has 0 rings (SSSR count). The van der Waals surface area contributed by atoms with Gasteiger partial charge in [-0.1, -0.05) is 90.9 Å². The largest absolute Gasteiger partial charge is 0.326 e. The first kappa shape index (κ1) is 26.2. The van der Waals surface area contributed by atoms with Crippen molar-refractivity contribution in [3.05, 3.63) is 0 Å². The molecular weight excluding hydrogens is 338 g/mol. The monoisotopic (exact) mass is 388 g/mol. The number of nitrogens with zero attached hydrogens (tertiary/aromatic N) is 1. The number of alkyl halides is 1. The Morgan fingerprint density at radius 2 is 0.769 bits per heavy atom. The third-order valence-corrected chi connectivity index (χ3v) is 6.20. The Kier molecular flexibility index (Phi) is 20.2. The molecule has 0 aromatic heterocycles. The van der Waals surface area contributed by atoms with E-state index in [2.05, 4.69) is 20.9 Å². The molecule has 0 radical (unpaired) electrons. The maximum Gasteiger partial charge on any atom is 0.0796 e. The number of rotatable bonds is 21. The van der Waals surface area contributed by atoms with Crippen molar-refractivity contribution in [1.82, 2.24) is 0 Å². The summed E-state index contributed by atoms with van der Waals surface area (Å²) in [5.74, 6) is 0.822. The van der Waals surface area contributed by atoms with Crippen LogP contribution in [0.5, 0.6) is 0 Å². The lowest BCUT2D eigenvalue weighted by atomic mass is 10.1. The molecule has 0 fully saturated rings. The van der Waals surface area contributed by atoms with Gasteiger partial charge in [0, 0.05) is 12.3 Å². The fraction of sp³-hybridized carbons (Fsp3) is 1.00. The van der Waals surface area contributed by atoms with Crippen LogP contribution in [-0.2, 0) is 0 Å². The van der Waals surface area contributed by atoms with Gasteiger partial charge in [-0.15, -0.1) is 11.6 Å². The zero-order valence-corrected chi connectivity index (χ0v) is 19.4. The molecule has 0 aliphatic rings. The highest BCUT2D eigenvalue weighted by molar-refractivity contribution is 6.17. The molecule has 158 valence electrons. The van der Waals surface area contributed by atoms with E-state index in [9.17, 15) is 0 Å². The van der Waals surface area contributed by atoms with Crippen molar-refractivity contribution in [2.75, 3.05) is 32.6 Å². The van der Waals surface area contributed by atoms with Gasteiger partial charge in [0.2, 0.25) is 0 Å². The van der Waals surface area contributed by atoms with Crippen molar-refractivity contribution in [1.29, 1.82) is 0 Å². The van der Waals surface area contributed by atoms with Gasteiger partial charge in [0.1, 0.15) is 0 Å². The molecule has 0 unspecified atom stereocenters. The van der Waals surface area contributed by atoms with Gasteiger partial charge < -0.3 is 4.48 Å². The number of hydrogen-bond acceptors (Lipinski definition) is 0. The van der Waals surface area contributed by atoms with Crippen LogP contribution in [-0.4, -0.2) is 37.0 Å². The maximum atomic E-state index is 5.99. The van der Waals surface area contributed by atoms with Crippen LogP contribution in [0, 0.1) is 0 Å². The molecule has 0 aromatic carbocycles. The second-order valence-corrected chi connectivity index (χ2v) is 9.16. The highest BCUT2D eigenvalue weighted by Crippen LogP contribution is 2.15. The molecule has 26 heavy (non-hydrogen) atoms. The Hall–Kier alpha value is 0.250. The van der Waals surface area contributed by atoms with E-state index >= 15 is 0 Å². The van der Waals surface area contributed by atoms with Crippen LogP contribution in [0.4, 0.5) is 0 Å². The van der Waals surface area contributed by atoms with E-state index in [4.69, 9.17) is 11.6 Å². The van der Waals surface area contributed by atoms with Crippen LogP contribution in [0.25, 0.3) is 0 Å². The minimum absolute atomic E-state index is 0.822. The molecule has 0 atom stereocenters. The van der Waals surface area contributed by atoms with Crippen LogP contribution in [0.3, 0.4) is 0 Å². The fourth-order valence-corrected chi connectivity index (χ4v) is 4.15. The van der Waals surface area contributed by atoms with E-state index in [0.717, 1.165) is 5.88 Å². The number of hydrogen-bond donors (Lipinski definition) is 0. The molecule has 0 saturated heterocycles. The molecule has 0 bridgehead atoms. The van der Waals surface area contributed by atoms with Crippen molar-refractivity contribution < 1.29 is 4.48 Å². The van der Waals surface area contributed by atoms with Crippen molar-refractivity contribution in [2.24, 2.45) is 0 Å². The lowest BCUT2D eigenvalue weighted by molar-refractivity contribution is -0.910. The molecule has 1 nitrogen and oxygen atoms in total. The van der Waals surface area contributed by atoms with Crippen molar-refractivity contribution in [3.63, 3.8) is 0 Å². The number of quaternary nitrogens is 1. The van der Waals surface area contributed by atoms with Gasteiger partial charge in [-0.25, -0.2) is 0 Å². The fourth-order valence-electron chi connectivity index (χ4n) is 4.03. The van der Waals surface area contributed by atoms with Crippen molar-refractivity contribution >= 4 is 11.6 Å². The molecule has 0 aliphatic carbocycles. The summed E-state index contributed by atoms with van der Waals surface area (Å²) in [4.78, 5) is 0. The van der Waals surface area contributed by atoms with E-state index in [0.29, 0.717) is 0 Å². The summed E-state index contributed by atoms with van der Waals surface area (Å²) in [6.45, 7) is 8.60. The molecule has 0 aromatic rings. The normalized spacial score (nSPS) is 12.0. The van der Waals surface area contributed by atoms with E-state index in [1.165, 1.54) is 133 Å². The molecular formula is C24H51ClN+. The molecule has 0 amide bonds. The summed E-state index contributed by atoms with van der Waals surface area (Å²) in [6, 6.07) is 0. The minimum atomic E-state index is 0.822. The van der Waals surface area contributed by atoms with Crippen molar-refractivity contribution in [2.45, 2.75) is 123 Å². The summed E-state index contributed by atoms with van der Waals surface area (Å²) >= 11 is 5.99. The van der Waals surface area contributed by atoms with Crippen LogP contribution in [0.1, 0.15) is 123 Å². The Bertz CT molecular complexity index is 247. The van der Waals surface area contributed by atoms with Crippen LogP contribution < -0.4 is 0 Å².